The molecule has 6 nitrogen and oxygen atoms in total. The molecule has 1 aromatic heterocycles. The first kappa shape index (κ1) is 13.1. The molecule has 0 saturated heterocycles. The molecular weight excluding hydrogens is 246 g/mol. The quantitative estimate of drug-likeness (QED) is 0.882. The third-order valence-electron chi connectivity index (χ3n) is 2.72. The molecule has 0 spiro atoms. The monoisotopic (exact) mass is 261 g/mol. The zero-order chi connectivity index (χ0) is 13.8. The number of aromatic nitrogens is 3. The van der Waals surface area contributed by atoms with Crippen molar-refractivity contribution in [1.82, 2.24) is 14.8 Å². The Morgan fingerprint density at radius 3 is 2.63 bits per heavy atom. The van der Waals surface area contributed by atoms with Crippen LogP contribution in [0.1, 0.15) is 12.2 Å². The lowest BCUT2D eigenvalue weighted by atomic mass is 10.2. The summed E-state index contributed by atoms with van der Waals surface area (Å²) in [6.45, 7) is 0. The third-order valence-corrected chi connectivity index (χ3v) is 2.72. The molecule has 0 saturated carbocycles. The Balaban J connectivity index is 2.21. The molecule has 0 atom stereocenters. The van der Waals surface area contributed by atoms with Gasteiger partial charge in [0.25, 0.3) is 0 Å². The van der Waals surface area contributed by atoms with Gasteiger partial charge < -0.3 is 9.84 Å². The highest BCUT2D eigenvalue weighted by Gasteiger charge is 2.10. The molecular formula is C13H15N3O3. The van der Waals surface area contributed by atoms with Crippen molar-refractivity contribution in [3.8, 4) is 17.1 Å². The summed E-state index contributed by atoms with van der Waals surface area (Å²) < 4.78 is 6.75. The van der Waals surface area contributed by atoms with Gasteiger partial charge in [-0.25, -0.2) is 9.67 Å². The Kier molecular flexibility index (Phi) is 3.79. The Hall–Kier alpha value is -2.37. The number of benzene rings is 1. The lowest BCUT2D eigenvalue weighted by Crippen LogP contribution is -1.99. The maximum atomic E-state index is 10.5. The molecule has 0 aliphatic carbocycles. The fourth-order valence-electron chi connectivity index (χ4n) is 1.75. The second kappa shape index (κ2) is 5.51. The zero-order valence-corrected chi connectivity index (χ0v) is 10.8. The molecule has 6 heteroatoms. The predicted octanol–water partition coefficient (Wildman–Crippen LogP) is 1.51. The minimum atomic E-state index is -0.849. The molecule has 0 radical (unpaired) electrons. The summed E-state index contributed by atoms with van der Waals surface area (Å²) in [7, 11) is 3.40. The van der Waals surface area contributed by atoms with Crippen molar-refractivity contribution in [3.05, 3.63) is 30.1 Å². The number of aryl methyl sites for hydroxylation is 2. The van der Waals surface area contributed by atoms with Crippen molar-refractivity contribution in [1.29, 1.82) is 0 Å². The highest BCUT2D eigenvalue weighted by molar-refractivity contribution is 5.67. The average molecular weight is 261 g/mol. The van der Waals surface area contributed by atoms with Crippen LogP contribution in [-0.4, -0.2) is 33.0 Å². The number of nitrogens with zero attached hydrogens (tertiary/aromatic N) is 3. The molecule has 0 amide bonds. The van der Waals surface area contributed by atoms with Gasteiger partial charge in [-0.2, -0.15) is 5.10 Å². The average Bonchev–Trinajstić information content (AvgIpc) is 2.78. The zero-order valence-electron chi connectivity index (χ0n) is 10.8. The first-order valence-corrected chi connectivity index (χ1v) is 5.86. The van der Waals surface area contributed by atoms with Crippen LogP contribution in [0.2, 0.25) is 0 Å². The largest absolute Gasteiger partial charge is 0.497 e. The standard InChI is InChI=1S/C13H15N3O3/c1-16-13(9-3-5-10(19-2)6-4-9)14-11(15-16)7-8-12(17)18/h3-6H,7-8H2,1-2H3,(H,17,18). The molecule has 1 heterocycles. The summed E-state index contributed by atoms with van der Waals surface area (Å²) in [5.41, 5.74) is 0.914. The number of hydrogen-bond acceptors (Lipinski definition) is 4. The third kappa shape index (κ3) is 3.09. The second-order valence-corrected chi connectivity index (χ2v) is 4.10. The Morgan fingerprint density at radius 1 is 1.37 bits per heavy atom. The number of aliphatic carboxylic acids is 1. The van der Waals surface area contributed by atoms with Gasteiger partial charge in [-0.1, -0.05) is 0 Å². The van der Waals surface area contributed by atoms with Crippen LogP contribution in [0.5, 0.6) is 5.75 Å². The van der Waals surface area contributed by atoms with Gasteiger partial charge in [0.15, 0.2) is 11.6 Å². The summed E-state index contributed by atoms with van der Waals surface area (Å²) in [4.78, 5) is 14.9. The van der Waals surface area contributed by atoms with Gasteiger partial charge in [-0.3, -0.25) is 4.79 Å². The van der Waals surface area contributed by atoms with Crippen LogP contribution < -0.4 is 4.74 Å². The van der Waals surface area contributed by atoms with Gasteiger partial charge >= 0.3 is 5.97 Å². The Labute approximate surface area is 110 Å². The summed E-state index contributed by atoms with van der Waals surface area (Å²) in [6, 6.07) is 7.48. The minimum absolute atomic E-state index is 0.0338. The smallest absolute Gasteiger partial charge is 0.303 e. The molecule has 2 aromatic rings. The topological polar surface area (TPSA) is 77.2 Å². The normalized spacial score (nSPS) is 10.4. The van der Waals surface area contributed by atoms with Gasteiger partial charge in [0.2, 0.25) is 0 Å². The van der Waals surface area contributed by atoms with Gasteiger partial charge in [-0.05, 0) is 24.3 Å². The molecule has 100 valence electrons. The number of carbonyl (C=O) groups is 1. The second-order valence-electron chi connectivity index (χ2n) is 4.10. The van der Waals surface area contributed by atoms with Crippen LogP contribution >= 0.6 is 0 Å². The van der Waals surface area contributed by atoms with Crippen LogP contribution in [0.3, 0.4) is 0 Å². The van der Waals surface area contributed by atoms with E-state index in [1.165, 1.54) is 0 Å². The van der Waals surface area contributed by atoms with E-state index < -0.39 is 5.97 Å². The Morgan fingerprint density at radius 2 is 2.05 bits per heavy atom. The maximum absolute atomic E-state index is 10.5. The van der Waals surface area contributed by atoms with E-state index >= 15 is 0 Å². The fraction of sp³-hybridized carbons (Fsp3) is 0.308. The van der Waals surface area contributed by atoms with E-state index in [-0.39, 0.29) is 6.42 Å². The van der Waals surface area contributed by atoms with Crippen molar-refractivity contribution < 1.29 is 14.6 Å². The van der Waals surface area contributed by atoms with Crippen molar-refractivity contribution >= 4 is 5.97 Å². The molecule has 19 heavy (non-hydrogen) atoms. The maximum Gasteiger partial charge on any atom is 0.303 e. The van der Waals surface area contributed by atoms with Crippen molar-refractivity contribution in [2.45, 2.75) is 12.8 Å². The van der Waals surface area contributed by atoms with Gasteiger partial charge in [-0.15, -0.1) is 0 Å². The van der Waals surface area contributed by atoms with Crippen molar-refractivity contribution in [2.24, 2.45) is 7.05 Å². The van der Waals surface area contributed by atoms with Gasteiger partial charge in [0.1, 0.15) is 5.75 Å². The van der Waals surface area contributed by atoms with Crippen molar-refractivity contribution in [3.63, 3.8) is 0 Å². The minimum Gasteiger partial charge on any atom is -0.497 e. The van der Waals surface area contributed by atoms with E-state index in [4.69, 9.17) is 9.84 Å². The molecule has 1 N–H and O–H groups in total. The summed E-state index contributed by atoms with van der Waals surface area (Å²) in [6.07, 6.45) is 0.366. The van der Waals surface area contributed by atoms with E-state index in [0.717, 1.165) is 11.3 Å². The van der Waals surface area contributed by atoms with E-state index in [1.54, 1.807) is 18.8 Å². The number of methoxy groups -OCH3 is 1. The number of ether oxygens (including phenoxy) is 1. The SMILES string of the molecule is COc1ccc(-c2nc(CCC(=O)O)nn2C)cc1. The fourth-order valence-corrected chi connectivity index (χ4v) is 1.75. The number of rotatable bonds is 5. The highest BCUT2D eigenvalue weighted by atomic mass is 16.5. The lowest BCUT2D eigenvalue weighted by Gasteiger charge is -2.02. The van der Waals surface area contributed by atoms with E-state index in [2.05, 4.69) is 10.1 Å². The van der Waals surface area contributed by atoms with Crippen molar-refractivity contribution in [2.75, 3.05) is 7.11 Å². The van der Waals surface area contributed by atoms with Crippen LogP contribution in [-0.2, 0) is 18.3 Å². The number of hydrogen-bond donors (Lipinski definition) is 1. The van der Waals surface area contributed by atoms with Crippen LogP contribution in [0.25, 0.3) is 11.4 Å². The predicted molar refractivity (Wildman–Crippen MR) is 68.9 cm³/mol. The summed E-state index contributed by atoms with van der Waals surface area (Å²) >= 11 is 0. The van der Waals surface area contributed by atoms with Gasteiger partial charge in [0.05, 0.1) is 13.5 Å². The van der Waals surface area contributed by atoms with E-state index in [0.29, 0.717) is 18.1 Å². The van der Waals surface area contributed by atoms with Crippen LogP contribution in [0.4, 0.5) is 0 Å². The molecule has 0 aliphatic heterocycles. The molecule has 0 unspecified atom stereocenters. The van der Waals surface area contributed by atoms with Crippen LogP contribution in [0, 0.1) is 0 Å². The molecule has 0 bridgehead atoms. The summed E-state index contributed by atoms with van der Waals surface area (Å²) in [5, 5.41) is 12.9. The van der Waals surface area contributed by atoms with Crippen LogP contribution in [0.15, 0.2) is 24.3 Å². The van der Waals surface area contributed by atoms with E-state index in [1.807, 2.05) is 24.3 Å². The Bertz CT molecular complexity index is 575. The van der Waals surface area contributed by atoms with Gasteiger partial charge in [0, 0.05) is 19.0 Å². The first-order chi connectivity index (χ1) is 9.10. The summed E-state index contributed by atoms with van der Waals surface area (Å²) in [5.74, 6) is 1.18. The number of carboxylic acid groups (broad SMARTS) is 1. The number of carboxylic acids is 1. The van der Waals surface area contributed by atoms with E-state index in [9.17, 15) is 4.79 Å². The molecule has 0 fully saturated rings. The molecule has 0 aliphatic rings. The molecule has 2 rings (SSSR count). The lowest BCUT2D eigenvalue weighted by molar-refractivity contribution is -0.137. The first-order valence-electron chi connectivity index (χ1n) is 5.86. The highest BCUT2D eigenvalue weighted by Crippen LogP contribution is 2.20. The molecule has 1 aromatic carbocycles.